The molecule has 0 saturated carbocycles. The molecule has 0 amide bonds. The summed E-state index contributed by atoms with van der Waals surface area (Å²) in [5.74, 6) is 0.997. The lowest BCUT2D eigenvalue weighted by atomic mass is 10.1. The van der Waals surface area contributed by atoms with Gasteiger partial charge in [-0.3, -0.25) is 4.79 Å². The molecular formula is C16H20BrN3OS. The van der Waals surface area contributed by atoms with Crippen molar-refractivity contribution in [2.45, 2.75) is 11.6 Å². The molecule has 0 aliphatic heterocycles. The molecule has 0 saturated heterocycles. The van der Waals surface area contributed by atoms with Gasteiger partial charge in [-0.25, -0.2) is 4.98 Å². The van der Waals surface area contributed by atoms with Gasteiger partial charge in [-0.15, -0.1) is 0 Å². The summed E-state index contributed by atoms with van der Waals surface area (Å²) in [6.45, 7) is 1.06. The lowest BCUT2D eigenvalue weighted by molar-refractivity contribution is 0.103. The third-order valence-corrected chi connectivity index (χ3v) is 4.92. The number of halogens is 1. The van der Waals surface area contributed by atoms with E-state index in [2.05, 4.69) is 39.9 Å². The van der Waals surface area contributed by atoms with Crippen LogP contribution in [0.3, 0.4) is 0 Å². The minimum absolute atomic E-state index is 0.00245. The molecular weight excluding hydrogens is 362 g/mol. The molecule has 2 aromatic rings. The maximum Gasteiger partial charge on any atom is 0.211 e. The van der Waals surface area contributed by atoms with E-state index in [4.69, 9.17) is 0 Å². The fraction of sp³-hybridized carbons (Fsp3) is 0.375. The maximum atomic E-state index is 12.5. The van der Waals surface area contributed by atoms with Crippen LogP contribution < -0.4 is 0 Å². The highest BCUT2D eigenvalue weighted by Gasteiger charge is 2.16. The summed E-state index contributed by atoms with van der Waals surface area (Å²) in [5, 5.41) is 0.888. The number of rotatable bonds is 7. The SMILES string of the molecule is CN(C)CCCSc1ncc(C(=O)c2ccc(Br)cc2)n1C. The number of hydrogen-bond acceptors (Lipinski definition) is 4. The van der Waals surface area contributed by atoms with E-state index in [1.807, 2.05) is 35.9 Å². The van der Waals surface area contributed by atoms with E-state index < -0.39 is 0 Å². The van der Waals surface area contributed by atoms with Crippen molar-refractivity contribution >= 4 is 33.5 Å². The van der Waals surface area contributed by atoms with Gasteiger partial charge >= 0.3 is 0 Å². The highest BCUT2D eigenvalue weighted by molar-refractivity contribution is 9.10. The van der Waals surface area contributed by atoms with Crippen LogP contribution in [0.2, 0.25) is 0 Å². The Balaban J connectivity index is 2.03. The van der Waals surface area contributed by atoms with E-state index >= 15 is 0 Å². The van der Waals surface area contributed by atoms with Gasteiger partial charge in [0.25, 0.3) is 0 Å². The van der Waals surface area contributed by atoms with Crippen LogP contribution in [-0.2, 0) is 7.05 Å². The number of carbonyl (C=O) groups is 1. The first-order chi connectivity index (χ1) is 10.5. The molecule has 22 heavy (non-hydrogen) atoms. The summed E-state index contributed by atoms with van der Waals surface area (Å²) < 4.78 is 2.84. The third-order valence-electron chi connectivity index (χ3n) is 3.27. The largest absolute Gasteiger partial charge is 0.319 e. The number of ketones is 1. The van der Waals surface area contributed by atoms with Crippen molar-refractivity contribution in [2.24, 2.45) is 7.05 Å². The molecule has 6 heteroatoms. The number of carbonyl (C=O) groups excluding carboxylic acids is 1. The molecule has 0 aliphatic rings. The van der Waals surface area contributed by atoms with E-state index in [0.717, 1.165) is 28.3 Å². The summed E-state index contributed by atoms with van der Waals surface area (Å²) in [4.78, 5) is 19.1. The standard InChI is InChI=1S/C16H20BrN3OS/c1-19(2)9-4-10-22-16-18-11-14(20(16)3)15(21)12-5-7-13(17)8-6-12/h5-8,11H,4,9-10H2,1-3H3. The lowest BCUT2D eigenvalue weighted by Crippen LogP contribution is -2.13. The number of hydrogen-bond donors (Lipinski definition) is 0. The first kappa shape index (κ1) is 17.2. The zero-order valence-electron chi connectivity index (χ0n) is 13.0. The molecule has 4 nitrogen and oxygen atoms in total. The molecule has 0 atom stereocenters. The summed E-state index contributed by atoms with van der Waals surface area (Å²) in [6, 6.07) is 7.40. The summed E-state index contributed by atoms with van der Waals surface area (Å²) in [6.07, 6.45) is 2.76. The first-order valence-electron chi connectivity index (χ1n) is 7.08. The van der Waals surface area contributed by atoms with Crippen LogP contribution >= 0.6 is 27.7 Å². The molecule has 1 heterocycles. The minimum atomic E-state index is 0.00245. The van der Waals surface area contributed by atoms with Gasteiger partial charge < -0.3 is 9.47 Å². The number of thioether (sulfide) groups is 1. The van der Waals surface area contributed by atoms with Crippen molar-refractivity contribution in [1.29, 1.82) is 0 Å². The Morgan fingerprint density at radius 2 is 2.00 bits per heavy atom. The summed E-state index contributed by atoms with van der Waals surface area (Å²) in [7, 11) is 6.04. The predicted molar refractivity (Wildman–Crippen MR) is 94.7 cm³/mol. The monoisotopic (exact) mass is 381 g/mol. The van der Waals surface area contributed by atoms with Crippen molar-refractivity contribution in [3.63, 3.8) is 0 Å². The van der Waals surface area contributed by atoms with Crippen molar-refractivity contribution in [1.82, 2.24) is 14.5 Å². The van der Waals surface area contributed by atoms with Crippen LogP contribution in [0.5, 0.6) is 0 Å². The second-order valence-corrected chi connectivity index (χ2v) is 7.30. The average Bonchev–Trinajstić information content (AvgIpc) is 2.85. The van der Waals surface area contributed by atoms with Crippen LogP contribution in [0.25, 0.3) is 0 Å². The Morgan fingerprint density at radius 3 is 2.64 bits per heavy atom. The van der Waals surface area contributed by atoms with Gasteiger partial charge in [0.15, 0.2) is 5.16 Å². The Hall–Kier alpha value is -1.11. The molecule has 0 fully saturated rings. The predicted octanol–water partition coefficient (Wildman–Crippen LogP) is 3.46. The van der Waals surface area contributed by atoms with Gasteiger partial charge in [0.2, 0.25) is 5.78 Å². The Kier molecular flexibility index (Phi) is 6.23. The number of aromatic nitrogens is 2. The van der Waals surface area contributed by atoms with E-state index in [1.165, 1.54) is 0 Å². The van der Waals surface area contributed by atoms with E-state index in [9.17, 15) is 4.79 Å². The van der Waals surface area contributed by atoms with Gasteiger partial charge in [0.1, 0.15) is 5.69 Å². The Morgan fingerprint density at radius 1 is 1.32 bits per heavy atom. The molecule has 0 bridgehead atoms. The average molecular weight is 382 g/mol. The van der Waals surface area contributed by atoms with Crippen molar-refractivity contribution < 1.29 is 4.79 Å². The molecule has 0 radical (unpaired) electrons. The Bertz CT molecular complexity index is 637. The fourth-order valence-electron chi connectivity index (χ4n) is 2.03. The van der Waals surface area contributed by atoms with E-state index in [0.29, 0.717) is 11.3 Å². The van der Waals surface area contributed by atoms with Gasteiger partial charge in [-0.05, 0) is 51.3 Å². The summed E-state index contributed by atoms with van der Waals surface area (Å²) in [5.41, 5.74) is 1.30. The molecule has 0 aliphatic carbocycles. The van der Waals surface area contributed by atoms with Crippen LogP contribution in [0.4, 0.5) is 0 Å². The van der Waals surface area contributed by atoms with Crippen LogP contribution in [0.15, 0.2) is 40.1 Å². The van der Waals surface area contributed by atoms with Crippen LogP contribution in [0.1, 0.15) is 22.5 Å². The van der Waals surface area contributed by atoms with Crippen LogP contribution in [-0.4, -0.2) is 46.6 Å². The third kappa shape index (κ3) is 4.44. The normalized spacial score (nSPS) is 11.1. The molecule has 118 valence electrons. The topological polar surface area (TPSA) is 38.1 Å². The van der Waals surface area contributed by atoms with Gasteiger partial charge in [0, 0.05) is 22.8 Å². The number of benzene rings is 1. The van der Waals surface area contributed by atoms with Crippen molar-refractivity contribution in [3.05, 3.63) is 46.2 Å². The molecule has 2 rings (SSSR count). The van der Waals surface area contributed by atoms with Gasteiger partial charge in [-0.1, -0.05) is 27.7 Å². The van der Waals surface area contributed by atoms with E-state index in [-0.39, 0.29) is 5.78 Å². The second kappa shape index (κ2) is 7.94. The minimum Gasteiger partial charge on any atom is -0.319 e. The molecule has 0 spiro atoms. The molecule has 1 aromatic carbocycles. The van der Waals surface area contributed by atoms with Crippen molar-refractivity contribution in [3.8, 4) is 0 Å². The quantitative estimate of drug-likeness (QED) is 0.418. The smallest absolute Gasteiger partial charge is 0.211 e. The lowest BCUT2D eigenvalue weighted by Gasteiger charge is -2.09. The zero-order chi connectivity index (χ0) is 16.1. The highest BCUT2D eigenvalue weighted by Crippen LogP contribution is 2.20. The number of imidazole rings is 1. The summed E-state index contributed by atoms with van der Waals surface area (Å²) >= 11 is 5.07. The first-order valence-corrected chi connectivity index (χ1v) is 8.86. The molecule has 0 unspecified atom stereocenters. The molecule has 0 N–H and O–H groups in total. The fourth-order valence-corrected chi connectivity index (χ4v) is 3.17. The molecule has 1 aromatic heterocycles. The zero-order valence-corrected chi connectivity index (χ0v) is 15.4. The van der Waals surface area contributed by atoms with E-state index in [1.54, 1.807) is 18.0 Å². The second-order valence-electron chi connectivity index (χ2n) is 5.33. The van der Waals surface area contributed by atoms with Crippen molar-refractivity contribution in [2.75, 3.05) is 26.4 Å². The van der Waals surface area contributed by atoms with Gasteiger partial charge in [0.05, 0.1) is 6.20 Å². The Labute approximate surface area is 144 Å². The van der Waals surface area contributed by atoms with Gasteiger partial charge in [-0.2, -0.15) is 0 Å². The highest BCUT2D eigenvalue weighted by atomic mass is 79.9. The maximum absolute atomic E-state index is 12.5. The number of nitrogens with zero attached hydrogens (tertiary/aromatic N) is 3. The van der Waals surface area contributed by atoms with Crippen LogP contribution in [0, 0.1) is 0 Å².